The quantitative estimate of drug-likeness (QED) is 0.484. The molecular weight excluding hydrogens is 334 g/mol. The molecule has 0 aliphatic carbocycles. The van der Waals surface area contributed by atoms with Crippen LogP contribution in [-0.4, -0.2) is 40.7 Å². The average molecular weight is 347 g/mol. The molecule has 6 rings (SSSR count). The molecule has 1 aromatic carbocycles. The van der Waals surface area contributed by atoms with Crippen LogP contribution in [0.25, 0.3) is 33.9 Å². The summed E-state index contributed by atoms with van der Waals surface area (Å²) in [5.74, 6) is 1.37. The SMILES string of the molecule is c1ccc2c(c1)c1nnc(-c3nc(C4CCCO4)no3)n1c1cncn21. The maximum Gasteiger partial charge on any atom is 0.296 e. The molecule has 0 saturated carbocycles. The predicted molar refractivity (Wildman–Crippen MR) is 90.5 cm³/mol. The number of para-hydroxylation sites is 1. The summed E-state index contributed by atoms with van der Waals surface area (Å²) in [5.41, 5.74) is 2.56. The Morgan fingerprint density at radius 3 is 3.04 bits per heavy atom. The summed E-state index contributed by atoms with van der Waals surface area (Å²) >= 11 is 0. The Morgan fingerprint density at radius 2 is 2.12 bits per heavy atom. The van der Waals surface area contributed by atoms with Crippen LogP contribution in [0.4, 0.5) is 0 Å². The van der Waals surface area contributed by atoms with E-state index in [4.69, 9.17) is 9.26 Å². The highest BCUT2D eigenvalue weighted by molar-refractivity contribution is 5.94. The topological polar surface area (TPSA) is 95.6 Å². The summed E-state index contributed by atoms with van der Waals surface area (Å²) in [7, 11) is 0. The highest BCUT2D eigenvalue weighted by Crippen LogP contribution is 2.29. The van der Waals surface area contributed by atoms with Gasteiger partial charge in [0.2, 0.25) is 11.6 Å². The zero-order valence-electron chi connectivity index (χ0n) is 13.6. The van der Waals surface area contributed by atoms with E-state index in [1.165, 1.54) is 0 Å². The fraction of sp³-hybridized carbons (Fsp3) is 0.235. The molecule has 26 heavy (non-hydrogen) atoms. The highest BCUT2D eigenvalue weighted by atomic mass is 16.5. The molecule has 1 aliphatic rings. The van der Waals surface area contributed by atoms with Gasteiger partial charge in [0.25, 0.3) is 5.89 Å². The molecule has 128 valence electrons. The van der Waals surface area contributed by atoms with Crippen molar-refractivity contribution in [2.24, 2.45) is 0 Å². The molecule has 1 atom stereocenters. The van der Waals surface area contributed by atoms with Crippen molar-refractivity contribution in [3.8, 4) is 11.7 Å². The molecule has 4 aromatic heterocycles. The number of aromatic nitrogens is 7. The number of hydrogen-bond donors (Lipinski definition) is 0. The van der Waals surface area contributed by atoms with Crippen molar-refractivity contribution in [2.45, 2.75) is 18.9 Å². The van der Waals surface area contributed by atoms with Crippen molar-refractivity contribution >= 4 is 22.2 Å². The average Bonchev–Trinajstić information content (AvgIpc) is 3.47. The second-order valence-corrected chi connectivity index (χ2v) is 6.28. The third kappa shape index (κ3) is 1.80. The Labute approximate surface area is 146 Å². The lowest BCUT2D eigenvalue weighted by Gasteiger charge is -2.05. The number of nitrogens with zero attached hydrogens (tertiary/aromatic N) is 7. The van der Waals surface area contributed by atoms with Gasteiger partial charge in [-0.1, -0.05) is 17.3 Å². The molecule has 0 radical (unpaired) electrons. The van der Waals surface area contributed by atoms with E-state index in [2.05, 4.69) is 25.3 Å². The summed E-state index contributed by atoms with van der Waals surface area (Å²) in [5, 5.41) is 13.7. The Kier molecular flexibility index (Phi) is 2.72. The molecule has 0 spiro atoms. The van der Waals surface area contributed by atoms with Crippen LogP contribution in [0.3, 0.4) is 0 Å². The number of imidazole rings is 1. The first-order valence-electron chi connectivity index (χ1n) is 8.43. The predicted octanol–water partition coefficient (Wildman–Crippen LogP) is 2.43. The van der Waals surface area contributed by atoms with E-state index in [0.29, 0.717) is 17.5 Å². The molecule has 1 fully saturated rings. The summed E-state index contributed by atoms with van der Waals surface area (Å²) in [6.07, 6.45) is 5.33. The minimum atomic E-state index is -0.109. The van der Waals surface area contributed by atoms with Gasteiger partial charge in [0, 0.05) is 12.0 Å². The molecule has 0 bridgehead atoms. The zero-order valence-corrected chi connectivity index (χ0v) is 13.6. The smallest absolute Gasteiger partial charge is 0.296 e. The fourth-order valence-corrected chi connectivity index (χ4v) is 3.56. The lowest BCUT2D eigenvalue weighted by molar-refractivity contribution is 0.103. The van der Waals surface area contributed by atoms with Crippen molar-refractivity contribution in [3.63, 3.8) is 0 Å². The first kappa shape index (κ1) is 13.9. The Morgan fingerprint density at radius 1 is 1.15 bits per heavy atom. The second-order valence-electron chi connectivity index (χ2n) is 6.28. The van der Waals surface area contributed by atoms with Crippen LogP contribution in [0.5, 0.6) is 0 Å². The van der Waals surface area contributed by atoms with Crippen LogP contribution >= 0.6 is 0 Å². The molecule has 1 aliphatic heterocycles. The Hall–Kier alpha value is -3.33. The third-order valence-electron chi connectivity index (χ3n) is 4.77. The van der Waals surface area contributed by atoms with E-state index < -0.39 is 0 Å². The minimum Gasteiger partial charge on any atom is -0.370 e. The van der Waals surface area contributed by atoms with Crippen molar-refractivity contribution in [2.75, 3.05) is 6.61 Å². The molecule has 1 unspecified atom stereocenters. The lowest BCUT2D eigenvalue weighted by atomic mass is 10.2. The minimum absolute atomic E-state index is 0.109. The van der Waals surface area contributed by atoms with Crippen LogP contribution in [0.15, 0.2) is 41.3 Å². The fourth-order valence-electron chi connectivity index (χ4n) is 3.56. The summed E-state index contributed by atoms with van der Waals surface area (Å²) in [6, 6.07) is 8.00. The maximum absolute atomic E-state index is 5.63. The molecule has 0 N–H and O–H groups in total. The van der Waals surface area contributed by atoms with Crippen molar-refractivity contribution in [3.05, 3.63) is 42.6 Å². The van der Waals surface area contributed by atoms with Gasteiger partial charge in [-0.25, -0.2) is 4.98 Å². The monoisotopic (exact) mass is 347 g/mol. The summed E-state index contributed by atoms with van der Waals surface area (Å²) in [4.78, 5) is 8.78. The molecular formula is C17H13N7O2. The standard InChI is InChI=1S/C17H13N7O2/c1-2-5-11-10(4-1)15-20-21-16(24(15)13-8-18-9-23(11)13)17-19-14(22-26-17)12-6-3-7-25-12/h1-2,4-5,8-9,12H,3,6-7H2. The molecule has 0 amide bonds. The lowest BCUT2D eigenvalue weighted by Crippen LogP contribution is -1.99. The van der Waals surface area contributed by atoms with Gasteiger partial charge in [-0.3, -0.25) is 8.80 Å². The van der Waals surface area contributed by atoms with E-state index in [9.17, 15) is 0 Å². The second kappa shape index (κ2) is 5.09. The first-order valence-corrected chi connectivity index (χ1v) is 8.43. The maximum atomic E-state index is 5.63. The largest absolute Gasteiger partial charge is 0.370 e. The van der Waals surface area contributed by atoms with Crippen molar-refractivity contribution in [1.29, 1.82) is 0 Å². The number of benzene rings is 1. The van der Waals surface area contributed by atoms with Gasteiger partial charge in [0.1, 0.15) is 18.1 Å². The van der Waals surface area contributed by atoms with Gasteiger partial charge in [-0.05, 0) is 25.0 Å². The number of fused-ring (bicyclic) bond motifs is 6. The molecule has 1 saturated heterocycles. The molecule has 9 heteroatoms. The van der Waals surface area contributed by atoms with E-state index >= 15 is 0 Å². The van der Waals surface area contributed by atoms with Gasteiger partial charge < -0.3 is 9.26 Å². The Bertz CT molecular complexity index is 1260. The number of ether oxygens (including phenoxy) is 1. The van der Waals surface area contributed by atoms with Gasteiger partial charge in [-0.2, -0.15) is 4.98 Å². The first-order chi connectivity index (χ1) is 12.9. The summed E-state index contributed by atoms with van der Waals surface area (Å²) < 4.78 is 15.0. The van der Waals surface area contributed by atoms with Crippen LogP contribution in [0.2, 0.25) is 0 Å². The van der Waals surface area contributed by atoms with E-state index in [1.807, 2.05) is 33.1 Å². The molecule has 5 heterocycles. The zero-order chi connectivity index (χ0) is 17.1. The molecule has 5 aromatic rings. The normalized spacial score (nSPS) is 17.8. The summed E-state index contributed by atoms with van der Waals surface area (Å²) in [6.45, 7) is 0.727. The van der Waals surface area contributed by atoms with Crippen LogP contribution in [0.1, 0.15) is 24.8 Å². The van der Waals surface area contributed by atoms with Crippen molar-refractivity contribution < 1.29 is 9.26 Å². The van der Waals surface area contributed by atoms with Gasteiger partial charge >= 0.3 is 0 Å². The molecule has 9 nitrogen and oxygen atoms in total. The van der Waals surface area contributed by atoms with Gasteiger partial charge in [0.05, 0.1) is 11.7 Å². The number of rotatable bonds is 2. The van der Waals surface area contributed by atoms with Crippen LogP contribution < -0.4 is 0 Å². The highest BCUT2D eigenvalue weighted by Gasteiger charge is 2.26. The van der Waals surface area contributed by atoms with Gasteiger partial charge in [0.15, 0.2) is 5.65 Å². The van der Waals surface area contributed by atoms with E-state index in [1.54, 1.807) is 12.5 Å². The van der Waals surface area contributed by atoms with E-state index in [-0.39, 0.29) is 6.10 Å². The van der Waals surface area contributed by atoms with Gasteiger partial charge in [-0.15, -0.1) is 10.2 Å². The van der Waals surface area contributed by atoms with E-state index in [0.717, 1.165) is 41.6 Å². The van der Waals surface area contributed by atoms with Crippen molar-refractivity contribution in [1.82, 2.24) is 34.1 Å². The number of hydrogen-bond acceptors (Lipinski definition) is 7. The third-order valence-corrected chi connectivity index (χ3v) is 4.77. The van der Waals surface area contributed by atoms with Crippen LogP contribution in [-0.2, 0) is 4.74 Å². The Balaban J connectivity index is 1.63. The van der Waals surface area contributed by atoms with Crippen LogP contribution in [0, 0.1) is 0 Å².